The van der Waals surface area contributed by atoms with E-state index < -0.39 is 0 Å². The van der Waals surface area contributed by atoms with E-state index in [-0.39, 0.29) is 18.5 Å². The third-order valence-electron chi connectivity index (χ3n) is 8.42. The maximum atomic E-state index is 12.7. The second-order valence-electron chi connectivity index (χ2n) is 10.8. The van der Waals surface area contributed by atoms with Gasteiger partial charge in [0, 0.05) is 5.16 Å². The predicted molar refractivity (Wildman–Crippen MR) is 149 cm³/mol. The quantitative estimate of drug-likeness (QED) is 0.271. The largest absolute Gasteiger partial charge is 0.465 e. The molecule has 2 fully saturated rings. The minimum Gasteiger partial charge on any atom is -0.465 e. The number of hydrogen-bond donors (Lipinski definition) is 0. The van der Waals surface area contributed by atoms with E-state index in [1.54, 1.807) is 0 Å². The highest BCUT2D eigenvalue weighted by atomic mass is 32.4. The van der Waals surface area contributed by atoms with Gasteiger partial charge in [-0.1, -0.05) is 102 Å². The fourth-order valence-electron chi connectivity index (χ4n) is 6.54. The first kappa shape index (κ1) is 25.6. The van der Waals surface area contributed by atoms with Crippen molar-refractivity contribution in [3.63, 3.8) is 0 Å². The van der Waals surface area contributed by atoms with Crippen molar-refractivity contribution in [2.45, 2.75) is 89.1 Å². The maximum Gasteiger partial charge on any atom is 0.338 e. The van der Waals surface area contributed by atoms with Gasteiger partial charge in [0.1, 0.15) is 0 Å². The molecular formula is C30H41O2PS. The summed E-state index contributed by atoms with van der Waals surface area (Å²) in [6.07, 6.45) is 16.1. The van der Waals surface area contributed by atoms with Crippen molar-refractivity contribution in [2.75, 3.05) is 7.11 Å². The van der Waals surface area contributed by atoms with Gasteiger partial charge in [-0.3, -0.25) is 0 Å². The van der Waals surface area contributed by atoms with Gasteiger partial charge >= 0.3 is 5.97 Å². The minimum absolute atomic E-state index is 0.0887. The Morgan fingerprint density at radius 1 is 0.912 bits per heavy atom. The maximum absolute atomic E-state index is 12.7. The van der Waals surface area contributed by atoms with Gasteiger partial charge in [-0.2, -0.15) is 0 Å². The summed E-state index contributed by atoms with van der Waals surface area (Å²) in [5.41, 5.74) is 5.33. The number of ether oxygens (including phenoxy) is 1. The van der Waals surface area contributed by atoms with Crippen molar-refractivity contribution in [1.82, 2.24) is 0 Å². The Morgan fingerprint density at radius 3 is 2.03 bits per heavy atom. The summed E-state index contributed by atoms with van der Waals surface area (Å²) in [6, 6.07) is 14.9. The van der Waals surface area contributed by atoms with Crippen LogP contribution in [-0.2, 0) is 21.7 Å². The van der Waals surface area contributed by atoms with Crippen molar-refractivity contribution in [3.05, 3.63) is 59.2 Å². The van der Waals surface area contributed by atoms with E-state index in [1.807, 2.05) is 6.07 Å². The topological polar surface area (TPSA) is 26.3 Å². The molecule has 2 saturated carbocycles. The molecule has 0 heterocycles. The molecule has 184 valence electrons. The predicted octanol–water partition coefficient (Wildman–Crippen LogP) is 8.46. The molecule has 0 radical (unpaired) electrons. The molecule has 2 aromatic rings. The first-order chi connectivity index (χ1) is 16.6. The Balaban J connectivity index is 1.80. The summed E-state index contributed by atoms with van der Waals surface area (Å²) in [4.78, 5) is 12.7. The zero-order valence-electron chi connectivity index (χ0n) is 21.0. The van der Waals surface area contributed by atoms with E-state index >= 15 is 0 Å². The Hall–Kier alpha value is -1.44. The highest BCUT2D eigenvalue weighted by molar-refractivity contribution is 7.96. The minimum atomic E-state index is -0.263. The van der Waals surface area contributed by atoms with E-state index in [4.69, 9.17) is 16.5 Å². The standard InChI is InChI=1S/C30H41O2PS/c1-22-11-9-10-16-26(22)28-19-25(17-18-27(28)29(31)32-2)30(33-34,20-23-12-5-3-6-13-23)21-24-14-7-4-8-15-24/h9-11,16-19,23-24H,3-8,12-15,20-21,33H2,1-2H3. The number of aryl methyl sites for hydroxylation is 1. The van der Waals surface area contributed by atoms with E-state index in [9.17, 15) is 4.79 Å². The lowest BCUT2D eigenvalue weighted by molar-refractivity contribution is 0.0601. The van der Waals surface area contributed by atoms with Gasteiger partial charge in [-0.05, 0) is 66.0 Å². The first-order valence-corrected chi connectivity index (χ1v) is 15.8. The van der Waals surface area contributed by atoms with Gasteiger partial charge in [0.05, 0.1) is 12.7 Å². The second kappa shape index (κ2) is 12.0. The van der Waals surface area contributed by atoms with Gasteiger partial charge in [0.25, 0.3) is 0 Å². The molecule has 4 heteroatoms. The summed E-state index contributed by atoms with van der Waals surface area (Å²) >= 11 is 6.09. The molecule has 0 N–H and O–H groups in total. The lowest BCUT2D eigenvalue weighted by Crippen LogP contribution is -2.28. The zero-order chi connectivity index (χ0) is 24.0. The number of rotatable bonds is 8. The molecule has 0 aliphatic heterocycles. The molecule has 0 bridgehead atoms. The highest BCUT2D eigenvalue weighted by Gasteiger charge is 2.36. The van der Waals surface area contributed by atoms with E-state index in [0.717, 1.165) is 23.0 Å². The van der Waals surface area contributed by atoms with Crippen LogP contribution in [0.3, 0.4) is 0 Å². The lowest BCUT2D eigenvalue weighted by atomic mass is 9.73. The molecule has 0 spiro atoms. The van der Waals surface area contributed by atoms with Gasteiger partial charge in [-0.25, -0.2) is 4.79 Å². The fraction of sp³-hybridized carbons (Fsp3) is 0.567. The molecule has 4 rings (SSSR count). The third-order valence-corrected chi connectivity index (χ3v) is 11.0. The van der Waals surface area contributed by atoms with E-state index in [2.05, 4.69) is 43.3 Å². The molecule has 1 atom stereocenters. The average molecular weight is 497 g/mol. The summed E-state index contributed by atoms with van der Waals surface area (Å²) in [5.74, 6) is 1.31. The summed E-state index contributed by atoms with van der Waals surface area (Å²) < 4.78 is 5.18. The molecule has 0 saturated heterocycles. The molecule has 0 aromatic heterocycles. The van der Waals surface area contributed by atoms with Crippen LogP contribution in [0, 0.1) is 18.8 Å². The summed E-state index contributed by atoms with van der Waals surface area (Å²) in [6.45, 7) is 2.12. The Kier molecular flexibility index (Phi) is 9.05. The molecule has 34 heavy (non-hydrogen) atoms. The molecule has 2 nitrogen and oxygen atoms in total. The normalized spacial score (nSPS) is 18.4. The molecule has 2 aromatic carbocycles. The number of carbonyl (C=O) groups excluding carboxylic acids is 1. The summed E-state index contributed by atoms with van der Waals surface area (Å²) in [7, 11) is 1.33. The molecular weight excluding hydrogens is 455 g/mol. The number of esters is 1. The number of benzene rings is 2. The molecule has 2 aliphatic carbocycles. The summed E-state index contributed by atoms with van der Waals surface area (Å²) in [5, 5.41) is 0.0887. The Labute approximate surface area is 212 Å². The SMILES string of the molecule is COC(=O)c1ccc(C(CC2CCCCC2)(CC2CCCCC2)[PH2]=S)cc1-c1ccccc1C. The van der Waals surface area contributed by atoms with Gasteiger partial charge in [0.15, 0.2) is 0 Å². The van der Waals surface area contributed by atoms with Crippen molar-refractivity contribution in [2.24, 2.45) is 11.8 Å². The lowest BCUT2D eigenvalue weighted by Gasteiger charge is -2.40. The second-order valence-corrected chi connectivity index (χ2v) is 12.8. The van der Waals surface area contributed by atoms with Crippen LogP contribution in [0.15, 0.2) is 42.5 Å². The monoisotopic (exact) mass is 496 g/mol. The van der Waals surface area contributed by atoms with Crippen molar-refractivity contribution >= 4 is 25.1 Å². The van der Waals surface area contributed by atoms with Crippen LogP contribution >= 0.6 is 7.36 Å². The third kappa shape index (κ3) is 5.85. The zero-order valence-corrected chi connectivity index (χ0v) is 23.0. The van der Waals surface area contributed by atoms with Crippen molar-refractivity contribution < 1.29 is 9.53 Å². The fourth-order valence-corrected chi connectivity index (χ4v) is 8.70. The number of hydrogen-bond acceptors (Lipinski definition) is 3. The van der Waals surface area contributed by atoms with Gasteiger partial charge < -0.3 is 4.74 Å². The first-order valence-electron chi connectivity index (χ1n) is 13.3. The van der Waals surface area contributed by atoms with Crippen LogP contribution in [0.25, 0.3) is 11.1 Å². The smallest absolute Gasteiger partial charge is 0.338 e. The highest BCUT2D eigenvalue weighted by Crippen LogP contribution is 2.51. The van der Waals surface area contributed by atoms with E-state index in [1.165, 1.54) is 95.3 Å². The van der Waals surface area contributed by atoms with E-state index in [0.29, 0.717) is 5.56 Å². The molecule has 1 unspecified atom stereocenters. The van der Waals surface area contributed by atoms with Crippen LogP contribution in [0.5, 0.6) is 0 Å². The number of carbonyl (C=O) groups is 1. The van der Waals surface area contributed by atoms with Crippen molar-refractivity contribution in [1.29, 1.82) is 0 Å². The van der Waals surface area contributed by atoms with Gasteiger partial charge in [-0.15, -0.1) is 11.8 Å². The number of methoxy groups -OCH3 is 1. The van der Waals surface area contributed by atoms with Gasteiger partial charge in [0.2, 0.25) is 0 Å². The Bertz CT molecular complexity index is 969. The molecule has 0 amide bonds. The van der Waals surface area contributed by atoms with Crippen LogP contribution in [0.1, 0.15) is 98.5 Å². The average Bonchev–Trinajstić information content (AvgIpc) is 2.89. The van der Waals surface area contributed by atoms with Crippen LogP contribution in [-0.4, -0.2) is 13.1 Å². The van der Waals surface area contributed by atoms with Crippen LogP contribution in [0.4, 0.5) is 0 Å². The van der Waals surface area contributed by atoms with Crippen LogP contribution in [0.2, 0.25) is 0 Å². The molecule has 2 aliphatic rings. The Morgan fingerprint density at radius 2 is 1.50 bits per heavy atom. The van der Waals surface area contributed by atoms with Crippen molar-refractivity contribution in [3.8, 4) is 11.1 Å². The van der Waals surface area contributed by atoms with Crippen LogP contribution < -0.4 is 0 Å².